The second-order valence-corrected chi connectivity index (χ2v) is 9.69. The molecule has 1 aromatic carbocycles. The van der Waals surface area contributed by atoms with Crippen molar-refractivity contribution >= 4 is 33.3 Å². The van der Waals surface area contributed by atoms with Gasteiger partial charge in [-0.15, -0.1) is 0 Å². The maximum Gasteiger partial charge on any atom is 0.254 e. The van der Waals surface area contributed by atoms with Crippen molar-refractivity contribution < 1.29 is 13.2 Å². The standard InChI is InChI=1S/C20H25ClN4O3S/c1-15(2)23(3)29(27,28)18-6-4-5-16(13-18)20(26)25-11-9-24(10-12-25)19-8-7-17(21)14-22-19/h4-8,13-15H,9-12H2,1-3H3. The molecule has 0 atom stereocenters. The van der Waals surface area contributed by atoms with E-state index in [0.29, 0.717) is 36.8 Å². The third-order valence-electron chi connectivity index (χ3n) is 5.09. The summed E-state index contributed by atoms with van der Waals surface area (Å²) in [5, 5.41) is 0.584. The zero-order chi connectivity index (χ0) is 21.2. The van der Waals surface area contributed by atoms with Crippen LogP contribution >= 0.6 is 11.6 Å². The summed E-state index contributed by atoms with van der Waals surface area (Å²) in [6, 6.07) is 9.74. The van der Waals surface area contributed by atoms with Gasteiger partial charge < -0.3 is 9.80 Å². The first-order chi connectivity index (χ1) is 13.7. The van der Waals surface area contributed by atoms with Crippen molar-refractivity contribution in [3.05, 3.63) is 53.2 Å². The molecule has 29 heavy (non-hydrogen) atoms. The molecule has 1 amide bonds. The lowest BCUT2D eigenvalue weighted by molar-refractivity contribution is 0.0746. The number of hydrogen-bond donors (Lipinski definition) is 0. The Hall–Kier alpha value is -2.16. The molecule has 2 aromatic rings. The first-order valence-corrected chi connectivity index (χ1v) is 11.3. The number of nitrogens with zero attached hydrogens (tertiary/aromatic N) is 4. The fourth-order valence-electron chi connectivity index (χ4n) is 3.11. The Bertz CT molecular complexity index is 971. The van der Waals surface area contributed by atoms with Crippen molar-refractivity contribution in [1.82, 2.24) is 14.2 Å². The third-order valence-corrected chi connectivity index (χ3v) is 7.34. The summed E-state index contributed by atoms with van der Waals surface area (Å²) < 4.78 is 26.8. The summed E-state index contributed by atoms with van der Waals surface area (Å²) in [5.41, 5.74) is 0.376. The topological polar surface area (TPSA) is 73.8 Å². The molecule has 1 fully saturated rings. The summed E-state index contributed by atoms with van der Waals surface area (Å²) >= 11 is 5.88. The molecule has 0 aliphatic carbocycles. The molecule has 1 saturated heterocycles. The molecule has 0 bridgehead atoms. The molecule has 7 nitrogen and oxygen atoms in total. The van der Waals surface area contributed by atoms with E-state index < -0.39 is 10.0 Å². The van der Waals surface area contributed by atoms with Crippen LogP contribution in [-0.4, -0.2) is 67.8 Å². The van der Waals surface area contributed by atoms with Gasteiger partial charge in [-0.25, -0.2) is 13.4 Å². The molecular weight excluding hydrogens is 412 g/mol. The highest BCUT2D eigenvalue weighted by Gasteiger charge is 2.26. The monoisotopic (exact) mass is 436 g/mol. The van der Waals surface area contributed by atoms with Crippen LogP contribution in [0.4, 0.5) is 5.82 Å². The molecule has 9 heteroatoms. The molecule has 0 saturated carbocycles. The number of amides is 1. The van der Waals surface area contributed by atoms with Gasteiger partial charge in [0.15, 0.2) is 0 Å². The van der Waals surface area contributed by atoms with Gasteiger partial charge in [0.2, 0.25) is 10.0 Å². The van der Waals surface area contributed by atoms with Crippen molar-refractivity contribution in [3.63, 3.8) is 0 Å². The number of piperazine rings is 1. The van der Waals surface area contributed by atoms with E-state index in [1.807, 2.05) is 19.9 Å². The van der Waals surface area contributed by atoms with Crippen LogP contribution in [0.1, 0.15) is 24.2 Å². The lowest BCUT2D eigenvalue weighted by Gasteiger charge is -2.35. The van der Waals surface area contributed by atoms with Gasteiger partial charge in [-0.05, 0) is 44.2 Å². The summed E-state index contributed by atoms with van der Waals surface area (Å²) in [4.78, 5) is 21.2. The number of aromatic nitrogens is 1. The number of carbonyl (C=O) groups is 1. The highest BCUT2D eigenvalue weighted by molar-refractivity contribution is 7.89. The molecule has 0 radical (unpaired) electrons. The molecule has 0 N–H and O–H groups in total. The van der Waals surface area contributed by atoms with Gasteiger partial charge in [0.25, 0.3) is 5.91 Å². The van der Waals surface area contributed by atoms with E-state index in [1.165, 1.54) is 16.4 Å². The minimum Gasteiger partial charge on any atom is -0.353 e. The van der Waals surface area contributed by atoms with E-state index in [-0.39, 0.29) is 16.8 Å². The Balaban J connectivity index is 1.71. The van der Waals surface area contributed by atoms with Crippen molar-refractivity contribution in [3.8, 4) is 0 Å². The normalized spacial score (nSPS) is 15.2. The van der Waals surface area contributed by atoms with Crippen LogP contribution in [0.3, 0.4) is 0 Å². The van der Waals surface area contributed by atoms with Gasteiger partial charge in [-0.2, -0.15) is 4.31 Å². The SMILES string of the molecule is CC(C)N(C)S(=O)(=O)c1cccc(C(=O)N2CCN(c3ccc(Cl)cn3)CC2)c1. The van der Waals surface area contributed by atoms with Crippen molar-refractivity contribution in [2.24, 2.45) is 0 Å². The van der Waals surface area contributed by atoms with Gasteiger partial charge in [-0.1, -0.05) is 17.7 Å². The number of pyridine rings is 1. The minimum atomic E-state index is -3.64. The molecule has 3 rings (SSSR count). The Kier molecular flexibility index (Phi) is 6.45. The van der Waals surface area contributed by atoms with Crippen LogP contribution < -0.4 is 4.90 Å². The lowest BCUT2D eigenvalue weighted by Crippen LogP contribution is -2.49. The molecule has 1 aromatic heterocycles. The zero-order valence-corrected chi connectivity index (χ0v) is 18.3. The molecule has 1 aliphatic heterocycles. The molecule has 2 heterocycles. The van der Waals surface area contributed by atoms with Gasteiger partial charge in [0.1, 0.15) is 5.82 Å². The van der Waals surface area contributed by atoms with E-state index in [2.05, 4.69) is 9.88 Å². The number of benzene rings is 1. The number of anilines is 1. The fraction of sp³-hybridized carbons (Fsp3) is 0.400. The number of sulfonamides is 1. The van der Waals surface area contributed by atoms with Crippen molar-refractivity contribution in [2.45, 2.75) is 24.8 Å². The molecule has 1 aliphatic rings. The highest BCUT2D eigenvalue weighted by atomic mass is 35.5. The van der Waals surface area contributed by atoms with Gasteiger partial charge in [0.05, 0.1) is 9.92 Å². The van der Waals surface area contributed by atoms with Gasteiger partial charge >= 0.3 is 0 Å². The number of hydrogen-bond acceptors (Lipinski definition) is 5. The van der Waals surface area contributed by atoms with Gasteiger partial charge in [-0.3, -0.25) is 4.79 Å². The summed E-state index contributed by atoms with van der Waals surface area (Å²) in [6.07, 6.45) is 1.61. The second kappa shape index (κ2) is 8.69. The first-order valence-electron chi connectivity index (χ1n) is 9.44. The molecule has 156 valence electrons. The zero-order valence-electron chi connectivity index (χ0n) is 16.7. The lowest BCUT2D eigenvalue weighted by atomic mass is 10.2. The second-order valence-electron chi connectivity index (χ2n) is 7.26. The largest absolute Gasteiger partial charge is 0.353 e. The molecule has 0 spiro atoms. The predicted molar refractivity (Wildman–Crippen MR) is 114 cm³/mol. The first kappa shape index (κ1) is 21.5. The molecule has 0 unspecified atom stereocenters. The predicted octanol–water partition coefficient (Wildman–Crippen LogP) is 2.73. The number of halogens is 1. The van der Waals surface area contributed by atoms with Crippen LogP contribution in [0.15, 0.2) is 47.5 Å². The average Bonchev–Trinajstić information content (AvgIpc) is 2.73. The molecular formula is C20H25ClN4O3S. The van der Waals surface area contributed by atoms with E-state index in [0.717, 1.165) is 5.82 Å². The van der Waals surface area contributed by atoms with Crippen LogP contribution in [-0.2, 0) is 10.0 Å². The van der Waals surface area contributed by atoms with Gasteiger partial charge in [0, 0.05) is 51.0 Å². The maximum atomic E-state index is 12.9. The smallest absolute Gasteiger partial charge is 0.254 e. The van der Waals surface area contributed by atoms with Crippen molar-refractivity contribution in [1.29, 1.82) is 0 Å². The quantitative estimate of drug-likeness (QED) is 0.720. The summed E-state index contributed by atoms with van der Waals surface area (Å²) in [7, 11) is -2.10. The summed E-state index contributed by atoms with van der Waals surface area (Å²) in [5.74, 6) is 0.657. The Labute approximate surface area is 176 Å². The van der Waals surface area contributed by atoms with Crippen LogP contribution in [0.25, 0.3) is 0 Å². The summed E-state index contributed by atoms with van der Waals surface area (Å²) in [6.45, 7) is 5.98. The van der Waals surface area contributed by atoms with Crippen molar-refractivity contribution in [2.75, 3.05) is 38.1 Å². The average molecular weight is 437 g/mol. The van der Waals surface area contributed by atoms with E-state index in [1.54, 1.807) is 36.3 Å². The van der Waals surface area contributed by atoms with Crippen LogP contribution in [0, 0.1) is 0 Å². The number of rotatable bonds is 5. The minimum absolute atomic E-state index is 0.128. The fourth-order valence-corrected chi connectivity index (χ4v) is 4.64. The third kappa shape index (κ3) is 4.71. The van der Waals surface area contributed by atoms with Crippen LogP contribution in [0.2, 0.25) is 5.02 Å². The van der Waals surface area contributed by atoms with E-state index in [9.17, 15) is 13.2 Å². The highest BCUT2D eigenvalue weighted by Crippen LogP contribution is 2.20. The maximum absolute atomic E-state index is 12.9. The number of carbonyl (C=O) groups excluding carboxylic acids is 1. The Morgan fingerprint density at radius 2 is 1.83 bits per heavy atom. The van der Waals surface area contributed by atoms with E-state index in [4.69, 9.17) is 11.6 Å². The Morgan fingerprint density at radius 1 is 1.14 bits per heavy atom. The Morgan fingerprint density at radius 3 is 2.41 bits per heavy atom. The van der Waals surface area contributed by atoms with Crippen LogP contribution in [0.5, 0.6) is 0 Å². The van der Waals surface area contributed by atoms with E-state index >= 15 is 0 Å².